The largest absolute Gasteiger partial charge is 0.352 e. The third kappa shape index (κ3) is 3.04. The number of halogens is 1. The molecule has 162 valence electrons. The monoisotopic (exact) mass is 436 g/mol. The molecule has 0 atom stereocenters. The topological polar surface area (TPSA) is 75.2 Å². The summed E-state index contributed by atoms with van der Waals surface area (Å²) in [5.41, 5.74) is 8.52. The van der Waals surface area contributed by atoms with Gasteiger partial charge in [-0.15, -0.1) is 0 Å². The maximum atomic E-state index is 13.8. The number of fused-ring (bicyclic) bond motifs is 2. The van der Waals surface area contributed by atoms with Crippen LogP contribution in [0.5, 0.6) is 0 Å². The van der Waals surface area contributed by atoms with Gasteiger partial charge in [-0.25, -0.2) is 9.37 Å². The van der Waals surface area contributed by atoms with Gasteiger partial charge in [0.05, 0.1) is 34.8 Å². The van der Waals surface area contributed by atoms with Crippen molar-refractivity contribution in [2.45, 2.75) is 13.8 Å². The predicted molar refractivity (Wildman–Crippen MR) is 128 cm³/mol. The van der Waals surface area contributed by atoms with E-state index in [1.807, 2.05) is 26.2 Å². The van der Waals surface area contributed by atoms with Crippen molar-refractivity contribution in [3.05, 3.63) is 78.3 Å². The molecule has 2 N–H and O–H groups in total. The minimum Gasteiger partial charge on any atom is -0.352 e. The fourth-order valence-corrected chi connectivity index (χ4v) is 4.47. The third-order valence-corrected chi connectivity index (χ3v) is 6.34. The van der Waals surface area contributed by atoms with Crippen molar-refractivity contribution in [3.63, 3.8) is 0 Å². The van der Waals surface area contributed by atoms with Crippen molar-refractivity contribution in [2.75, 3.05) is 0 Å². The summed E-state index contributed by atoms with van der Waals surface area (Å²) in [6.45, 7) is 4.09. The van der Waals surface area contributed by atoms with E-state index in [9.17, 15) is 4.39 Å². The zero-order valence-corrected chi connectivity index (χ0v) is 18.4. The molecular formula is C26H21FN6. The molecule has 0 radical (unpaired) electrons. The van der Waals surface area contributed by atoms with E-state index in [1.54, 1.807) is 18.5 Å². The number of pyridine rings is 1. The molecule has 6 rings (SSSR count). The standard InChI is InChI=1S/C26H21FN6/c1-14-7-22-20(9-18(14)25-13-29-15(2)33(25)3)26(32-31-22)23-10-19-21(11-28-12-24(19)30-23)16-5-4-6-17(27)8-16/h4-13,30H,1-3H3,(H,31,32). The van der Waals surface area contributed by atoms with Crippen LogP contribution >= 0.6 is 0 Å². The van der Waals surface area contributed by atoms with Crippen molar-refractivity contribution >= 4 is 21.8 Å². The molecule has 6 aromatic rings. The van der Waals surface area contributed by atoms with Crippen molar-refractivity contribution < 1.29 is 4.39 Å². The van der Waals surface area contributed by atoms with Gasteiger partial charge in [0.15, 0.2) is 0 Å². The quantitative estimate of drug-likeness (QED) is 0.361. The van der Waals surface area contributed by atoms with Gasteiger partial charge in [0.2, 0.25) is 0 Å². The Morgan fingerprint density at radius 2 is 1.79 bits per heavy atom. The molecule has 0 saturated heterocycles. The summed E-state index contributed by atoms with van der Waals surface area (Å²) in [4.78, 5) is 12.3. The van der Waals surface area contributed by atoms with Crippen molar-refractivity contribution in [1.82, 2.24) is 29.7 Å². The summed E-state index contributed by atoms with van der Waals surface area (Å²) in [5, 5.41) is 9.77. The molecule has 33 heavy (non-hydrogen) atoms. The molecule has 0 bridgehead atoms. The number of hydrogen-bond acceptors (Lipinski definition) is 3. The average Bonchev–Trinajstić information content (AvgIpc) is 3.50. The molecule has 0 saturated carbocycles. The van der Waals surface area contributed by atoms with E-state index in [4.69, 9.17) is 0 Å². The number of aromatic amines is 2. The second-order valence-electron chi connectivity index (χ2n) is 8.38. The smallest absolute Gasteiger partial charge is 0.123 e. The maximum Gasteiger partial charge on any atom is 0.123 e. The molecule has 0 aliphatic carbocycles. The SMILES string of the molecule is Cc1cc2[nH]nc(-c3cc4c(-c5cccc(F)c5)cncc4[nH]3)c2cc1-c1cnc(C)n1C. The first-order valence-electron chi connectivity index (χ1n) is 10.7. The number of imidazole rings is 1. The molecule has 0 aliphatic heterocycles. The molecule has 4 aromatic heterocycles. The zero-order valence-electron chi connectivity index (χ0n) is 18.4. The Hall–Kier alpha value is -4.26. The number of H-pyrrole nitrogens is 2. The highest BCUT2D eigenvalue weighted by atomic mass is 19.1. The van der Waals surface area contributed by atoms with E-state index < -0.39 is 0 Å². The van der Waals surface area contributed by atoms with Crippen LogP contribution in [0.1, 0.15) is 11.4 Å². The molecule has 7 heteroatoms. The Morgan fingerprint density at radius 1 is 0.909 bits per heavy atom. The molecule has 2 aromatic carbocycles. The fourth-order valence-electron chi connectivity index (χ4n) is 4.47. The van der Waals surface area contributed by atoms with Crippen LogP contribution in [0.25, 0.3) is 55.6 Å². The van der Waals surface area contributed by atoms with Gasteiger partial charge in [-0.3, -0.25) is 10.1 Å². The van der Waals surface area contributed by atoms with Crippen molar-refractivity contribution in [2.24, 2.45) is 7.05 Å². The molecule has 0 amide bonds. The van der Waals surface area contributed by atoms with Crippen LogP contribution in [-0.2, 0) is 7.05 Å². The van der Waals surface area contributed by atoms with Gasteiger partial charge in [0, 0.05) is 35.1 Å². The first kappa shape index (κ1) is 19.4. The van der Waals surface area contributed by atoms with Gasteiger partial charge in [0.25, 0.3) is 0 Å². The molecular weight excluding hydrogens is 415 g/mol. The molecule has 0 aliphatic rings. The first-order valence-corrected chi connectivity index (χ1v) is 10.7. The number of aromatic nitrogens is 6. The summed E-state index contributed by atoms with van der Waals surface area (Å²) in [5.74, 6) is 0.691. The van der Waals surface area contributed by atoms with Gasteiger partial charge in [-0.2, -0.15) is 5.10 Å². The lowest BCUT2D eigenvalue weighted by atomic mass is 10.0. The number of aryl methyl sites for hydroxylation is 2. The van der Waals surface area contributed by atoms with Gasteiger partial charge in [0.1, 0.15) is 17.3 Å². The molecule has 6 nitrogen and oxygen atoms in total. The minimum absolute atomic E-state index is 0.271. The number of benzene rings is 2. The van der Waals surface area contributed by atoms with Crippen LogP contribution in [0.3, 0.4) is 0 Å². The second-order valence-corrected chi connectivity index (χ2v) is 8.38. The van der Waals surface area contributed by atoms with Crippen LogP contribution in [0, 0.1) is 19.7 Å². The predicted octanol–water partition coefficient (Wildman–Crippen LogP) is 5.93. The van der Waals surface area contributed by atoms with E-state index in [1.165, 1.54) is 12.1 Å². The van der Waals surface area contributed by atoms with E-state index in [2.05, 4.69) is 54.8 Å². The van der Waals surface area contributed by atoms with Crippen LogP contribution in [0.15, 0.2) is 61.1 Å². The minimum atomic E-state index is -0.271. The Balaban J connectivity index is 1.54. The van der Waals surface area contributed by atoms with Crippen LogP contribution in [-0.4, -0.2) is 29.7 Å². The summed E-state index contributed by atoms with van der Waals surface area (Å²) in [6.07, 6.45) is 5.46. The van der Waals surface area contributed by atoms with Crippen LogP contribution < -0.4 is 0 Å². The molecule has 4 heterocycles. The lowest BCUT2D eigenvalue weighted by Crippen LogP contribution is -1.95. The summed E-state index contributed by atoms with van der Waals surface area (Å²) >= 11 is 0. The van der Waals surface area contributed by atoms with E-state index in [0.717, 1.165) is 67.0 Å². The van der Waals surface area contributed by atoms with Crippen LogP contribution in [0.2, 0.25) is 0 Å². The Kier molecular flexibility index (Phi) is 4.20. The lowest BCUT2D eigenvalue weighted by molar-refractivity contribution is 0.628. The van der Waals surface area contributed by atoms with E-state index in [0.29, 0.717) is 0 Å². The number of hydrogen-bond donors (Lipinski definition) is 2. The first-order chi connectivity index (χ1) is 16.0. The summed E-state index contributed by atoms with van der Waals surface area (Å²) in [6, 6.07) is 12.9. The summed E-state index contributed by atoms with van der Waals surface area (Å²) < 4.78 is 15.9. The Bertz CT molecular complexity index is 1670. The molecule has 0 fully saturated rings. The van der Waals surface area contributed by atoms with Gasteiger partial charge >= 0.3 is 0 Å². The lowest BCUT2D eigenvalue weighted by Gasteiger charge is -2.08. The molecule has 0 spiro atoms. The second kappa shape index (κ2) is 7.13. The van der Waals surface area contributed by atoms with Gasteiger partial charge in [-0.05, 0) is 55.3 Å². The number of nitrogens with one attached hydrogen (secondary N) is 2. The maximum absolute atomic E-state index is 13.8. The number of nitrogens with zero attached hydrogens (tertiary/aromatic N) is 4. The highest BCUT2D eigenvalue weighted by Gasteiger charge is 2.17. The van der Waals surface area contributed by atoms with E-state index in [-0.39, 0.29) is 5.82 Å². The highest BCUT2D eigenvalue weighted by Crippen LogP contribution is 2.36. The van der Waals surface area contributed by atoms with Gasteiger partial charge < -0.3 is 9.55 Å². The summed E-state index contributed by atoms with van der Waals surface area (Å²) in [7, 11) is 2.02. The van der Waals surface area contributed by atoms with Crippen molar-refractivity contribution in [3.8, 4) is 33.8 Å². The van der Waals surface area contributed by atoms with Gasteiger partial charge in [-0.1, -0.05) is 12.1 Å². The Labute approximate surface area is 189 Å². The third-order valence-electron chi connectivity index (χ3n) is 6.34. The zero-order chi connectivity index (χ0) is 22.7. The highest BCUT2D eigenvalue weighted by molar-refractivity contribution is 6.01. The number of rotatable bonds is 3. The Morgan fingerprint density at radius 3 is 2.58 bits per heavy atom. The average molecular weight is 436 g/mol. The fraction of sp³-hybridized carbons (Fsp3) is 0.115. The van der Waals surface area contributed by atoms with Crippen molar-refractivity contribution in [1.29, 1.82) is 0 Å². The normalized spacial score (nSPS) is 11.6. The van der Waals surface area contributed by atoms with E-state index >= 15 is 0 Å². The molecule has 0 unspecified atom stereocenters. The van der Waals surface area contributed by atoms with Crippen LogP contribution in [0.4, 0.5) is 4.39 Å².